The number of hydrogen-bond donors (Lipinski definition) is 1. The third-order valence-corrected chi connectivity index (χ3v) is 3.91. The fourth-order valence-corrected chi connectivity index (χ4v) is 2.87. The highest BCUT2D eigenvalue weighted by molar-refractivity contribution is 4.93. The smallest absolute Gasteiger partial charge is 0.142 e. The first-order valence-corrected chi connectivity index (χ1v) is 7.44. The molecule has 1 saturated heterocycles. The minimum Gasteiger partial charge on any atom is -0.311 e. The Morgan fingerprint density at radius 1 is 1.37 bits per heavy atom. The van der Waals surface area contributed by atoms with E-state index in [0.29, 0.717) is 18.0 Å². The first-order chi connectivity index (χ1) is 9.20. The van der Waals surface area contributed by atoms with Crippen molar-refractivity contribution < 1.29 is 0 Å². The van der Waals surface area contributed by atoms with E-state index < -0.39 is 0 Å². The summed E-state index contributed by atoms with van der Waals surface area (Å²) in [5, 5.41) is 3.68. The van der Waals surface area contributed by atoms with Crippen LogP contribution in [0, 0.1) is 5.92 Å². The van der Waals surface area contributed by atoms with E-state index in [-0.39, 0.29) is 0 Å². The molecule has 106 valence electrons. The van der Waals surface area contributed by atoms with Gasteiger partial charge in [0.1, 0.15) is 5.82 Å². The van der Waals surface area contributed by atoms with E-state index in [1.54, 1.807) is 0 Å². The predicted octanol–water partition coefficient (Wildman–Crippen LogP) is 2.08. The van der Waals surface area contributed by atoms with Crippen LogP contribution in [0.4, 0.5) is 0 Å². The van der Waals surface area contributed by atoms with Crippen LogP contribution in [0.1, 0.15) is 39.4 Å². The van der Waals surface area contributed by atoms with Crippen molar-refractivity contribution in [1.29, 1.82) is 0 Å². The van der Waals surface area contributed by atoms with E-state index in [4.69, 9.17) is 0 Å². The molecule has 1 aromatic rings. The summed E-state index contributed by atoms with van der Waals surface area (Å²) in [5.41, 5.74) is 0. The van der Waals surface area contributed by atoms with Gasteiger partial charge in [0.15, 0.2) is 0 Å². The molecule has 0 spiro atoms. The molecule has 2 rings (SSSR count). The average molecular weight is 262 g/mol. The fraction of sp³-hybridized carbons (Fsp3) is 0.733. The summed E-state index contributed by atoms with van der Waals surface area (Å²) in [6, 6.07) is 3.07. The molecule has 1 N–H and O–H groups in total. The largest absolute Gasteiger partial charge is 0.311 e. The maximum atomic E-state index is 4.36. The van der Waals surface area contributed by atoms with Gasteiger partial charge >= 0.3 is 0 Å². The van der Waals surface area contributed by atoms with Crippen molar-refractivity contribution in [2.75, 3.05) is 13.1 Å². The van der Waals surface area contributed by atoms with Gasteiger partial charge in [-0.3, -0.25) is 4.90 Å². The van der Waals surface area contributed by atoms with Gasteiger partial charge < -0.3 is 5.32 Å². The van der Waals surface area contributed by atoms with Gasteiger partial charge in [0.25, 0.3) is 0 Å². The first-order valence-electron chi connectivity index (χ1n) is 7.44. The van der Waals surface area contributed by atoms with Crippen LogP contribution in [0.25, 0.3) is 0 Å². The van der Waals surface area contributed by atoms with Crippen molar-refractivity contribution in [3.8, 4) is 0 Å². The molecule has 2 atom stereocenters. The van der Waals surface area contributed by atoms with Crippen LogP contribution in [-0.4, -0.2) is 40.0 Å². The SMILES string of the molecule is CCCC1CN(Cc2ncccn2)C(C(C)C)CN1. The van der Waals surface area contributed by atoms with Crippen LogP contribution in [0.15, 0.2) is 18.5 Å². The van der Waals surface area contributed by atoms with Crippen LogP contribution >= 0.6 is 0 Å². The van der Waals surface area contributed by atoms with Gasteiger partial charge in [-0.05, 0) is 18.4 Å². The van der Waals surface area contributed by atoms with E-state index in [0.717, 1.165) is 25.5 Å². The van der Waals surface area contributed by atoms with Crippen LogP contribution in [0.2, 0.25) is 0 Å². The second-order valence-electron chi connectivity index (χ2n) is 5.80. The lowest BCUT2D eigenvalue weighted by Gasteiger charge is -2.42. The Labute approximate surface area is 116 Å². The second kappa shape index (κ2) is 6.96. The van der Waals surface area contributed by atoms with E-state index in [1.807, 2.05) is 18.5 Å². The Morgan fingerprint density at radius 2 is 2.11 bits per heavy atom. The molecule has 2 unspecified atom stereocenters. The number of piperazine rings is 1. The van der Waals surface area contributed by atoms with Gasteiger partial charge in [0.2, 0.25) is 0 Å². The van der Waals surface area contributed by atoms with Crippen molar-refractivity contribution in [2.45, 2.75) is 52.2 Å². The van der Waals surface area contributed by atoms with Gasteiger partial charge in [0.05, 0.1) is 6.54 Å². The zero-order valence-corrected chi connectivity index (χ0v) is 12.3. The second-order valence-corrected chi connectivity index (χ2v) is 5.80. The van der Waals surface area contributed by atoms with Crippen LogP contribution in [-0.2, 0) is 6.54 Å². The zero-order valence-electron chi connectivity index (χ0n) is 12.3. The van der Waals surface area contributed by atoms with E-state index in [1.165, 1.54) is 12.8 Å². The van der Waals surface area contributed by atoms with Crippen molar-refractivity contribution >= 4 is 0 Å². The summed E-state index contributed by atoms with van der Waals surface area (Å²) in [6.45, 7) is 9.90. The number of nitrogens with one attached hydrogen (secondary N) is 1. The summed E-state index contributed by atoms with van der Waals surface area (Å²) in [6.07, 6.45) is 6.15. The number of aromatic nitrogens is 2. The Kier molecular flexibility index (Phi) is 5.28. The van der Waals surface area contributed by atoms with Crippen molar-refractivity contribution in [2.24, 2.45) is 5.92 Å². The molecule has 4 heteroatoms. The van der Waals surface area contributed by atoms with Crippen LogP contribution in [0.5, 0.6) is 0 Å². The molecule has 1 aliphatic rings. The number of nitrogens with zero attached hydrogens (tertiary/aromatic N) is 3. The van der Waals surface area contributed by atoms with Gasteiger partial charge in [-0.1, -0.05) is 27.2 Å². The molecule has 1 fully saturated rings. The maximum Gasteiger partial charge on any atom is 0.142 e. The standard InChI is InChI=1S/C15H26N4/c1-4-6-13-10-19(14(9-18-13)12(2)3)11-15-16-7-5-8-17-15/h5,7-8,12-14,18H,4,6,9-11H2,1-3H3. The molecule has 1 aromatic heterocycles. The van der Waals surface area contributed by atoms with Crippen LogP contribution in [0.3, 0.4) is 0 Å². The van der Waals surface area contributed by atoms with Crippen molar-refractivity contribution in [1.82, 2.24) is 20.2 Å². The Morgan fingerprint density at radius 3 is 2.74 bits per heavy atom. The highest BCUT2D eigenvalue weighted by Crippen LogP contribution is 2.18. The Bertz CT molecular complexity index is 366. The molecule has 0 aromatic carbocycles. The first kappa shape index (κ1) is 14.4. The lowest BCUT2D eigenvalue weighted by atomic mass is 9.97. The topological polar surface area (TPSA) is 41.1 Å². The third-order valence-electron chi connectivity index (χ3n) is 3.91. The highest BCUT2D eigenvalue weighted by atomic mass is 15.2. The van der Waals surface area contributed by atoms with Gasteiger partial charge in [-0.15, -0.1) is 0 Å². The van der Waals surface area contributed by atoms with E-state index in [9.17, 15) is 0 Å². The summed E-state index contributed by atoms with van der Waals surface area (Å²) in [5.74, 6) is 1.59. The normalized spacial score (nSPS) is 24.8. The van der Waals surface area contributed by atoms with Crippen molar-refractivity contribution in [3.05, 3.63) is 24.3 Å². The van der Waals surface area contributed by atoms with E-state index in [2.05, 4.69) is 41.0 Å². The quantitative estimate of drug-likeness (QED) is 0.882. The summed E-state index contributed by atoms with van der Waals surface area (Å²) in [4.78, 5) is 11.3. The molecule has 0 radical (unpaired) electrons. The maximum absolute atomic E-state index is 4.36. The Hall–Kier alpha value is -1.00. The zero-order chi connectivity index (χ0) is 13.7. The molecule has 19 heavy (non-hydrogen) atoms. The predicted molar refractivity (Wildman–Crippen MR) is 77.8 cm³/mol. The lowest BCUT2D eigenvalue weighted by Crippen LogP contribution is -2.57. The molecule has 0 aliphatic carbocycles. The fourth-order valence-electron chi connectivity index (χ4n) is 2.87. The molecule has 0 amide bonds. The van der Waals surface area contributed by atoms with Gasteiger partial charge in [-0.2, -0.15) is 0 Å². The Balaban J connectivity index is 2.03. The van der Waals surface area contributed by atoms with Crippen molar-refractivity contribution in [3.63, 3.8) is 0 Å². The summed E-state index contributed by atoms with van der Waals surface area (Å²) in [7, 11) is 0. The highest BCUT2D eigenvalue weighted by Gasteiger charge is 2.29. The minimum absolute atomic E-state index is 0.580. The molecule has 0 saturated carbocycles. The molecular formula is C15H26N4. The molecular weight excluding hydrogens is 236 g/mol. The average Bonchev–Trinajstić information content (AvgIpc) is 2.40. The van der Waals surface area contributed by atoms with Gasteiger partial charge in [-0.25, -0.2) is 9.97 Å². The third kappa shape index (κ3) is 3.98. The number of hydrogen-bond acceptors (Lipinski definition) is 4. The molecule has 1 aliphatic heterocycles. The molecule has 2 heterocycles. The number of rotatable bonds is 5. The monoisotopic (exact) mass is 262 g/mol. The molecule has 4 nitrogen and oxygen atoms in total. The minimum atomic E-state index is 0.580. The van der Waals surface area contributed by atoms with Crippen LogP contribution < -0.4 is 5.32 Å². The summed E-state index contributed by atoms with van der Waals surface area (Å²) < 4.78 is 0. The summed E-state index contributed by atoms with van der Waals surface area (Å²) >= 11 is 0. The lowest BCUT2D eigenvalue weighted by molar-refractivity contribution is 0.0859. The van der Waals surface area contributed by atoms with Gasteiger partial charge in [0, 0.05) is 37.6 Å². The molecule has 0 bridgehead atoms. The van der Waals surface area contributed by atoms with E-state index >= 15 is 0 Å².